The summed E-state index contributed by atoms with van der Waals surface area (Å²) in [5.74, 6) is -2.76. The Bertz CT molecular complexity index is 222. The van der Waals surface area contributed by atoms with Crippen molar-refractivity contribution in [3.63, 3.8) is 0 Å². The first kappa shape index (κ1) is 10.4. The van der Waals surface area contributed by atoms with E-state index < -0.39 is 24.1 Å². The fraction of sp³-hybridized carbons (Fsp3) is 0.500. The van der Waals surface area contributed by atoms with E-state index in [9.17, 15) is 19.3 Å². The molecule has 0 saturated carbocycles. The maximum Gasteiger partial charge on any atom is 0.310 e. The number of carbonyl (C=O) groups excluding carboxylic acids is 2. The number of Topliss-reactive ketones (excluding diaryl/α,β-unsaturated/α-hetero) is 1. The van der Waals surface area contributed by atoms with Crippen LogP contribution in [0.4, 0.5) is 0 Å². The molecule has 0 bridgehead atoms. The molecule has 1 N–H and O–H groups in total. The second-order valence-corrected chi connectivity index (χ2v) is 2.09. The molecule has 0 heterocycles. The first-order chi connectivity index (χ1) is 5.56. The van der Waals surface area contributed by atoms with Crippen molar-refractivity contribution in [2.45, 2.75) is 19.3 Å². The zero-order valence-electron chi connectivity index (χ0n) is 6.15. The number of carboxylic acids is 1. The van der Waals surface area contributed by atoms with Crippen LogP contribution >= 0.6 is 0 Å². The molecular formula is C6H7NO5. The van der Waals surface area contributed by atoms with Crippen molar-refractivity contribution in [1.29, 1.82) is 0 Å². The van der Waals surface area contributed by atoms with E-state index in [4.69, 9.17) is 5.11 Å². The Morgan fingerprint density at radius 3 is 2.17 bits per heavy atom. The lowest BCUT2D eigenvalue weighted by molar-refractivity contribution is -0.140. The first-order valence-electron chi connectivity index (χ1n) is 3.16. The molecule has 0 unspecified atom stereocenters. The molecule has 0 aromatic rings. The van der Waals surface area contributed by atoms with E-state index in [0.717, 1.165) is 0 Å². The molecule has 0 aliphatic rings. The Morgan fingerprint density at radius 1 is 1.17 bits per heavy atom. The predicted molar refractivity (Wildman–Crippen MR) is 37.3 cm³/mol. The van der Waals surface area contributed by atoms with Gasteiger partial charge in [0.15, 0.2) is 0 Å². The molecule has 0 spiro atoms. The third-order valence-corrected chi connectivity index (χ3v) is 1.07. The minimum Gasteiger partial charge on any atom is -0.481 e. The van der Waals surface area contributed by atoms with Crippen molar-refractivity contribution in [1.82, 2.24) is 0 Å². The Balaban J connectivity index is 3.64. The van der Waals surface area contributed by atoms with Crippen molar-refractivity contribution in [2.75, 3.05) is 0 Å². The maximum atomic E-state index is 10.6. The van der Waals surface area contributed by atoms with Crippen LogP contribution in [-0.4, -0.2) is 22.8 Å². The number of amides is 1. The van der Waals surface area contributed by atoms with E-state index in [2.05, 4.69) is 5.18 Å². The number of nitrogens with zero attached hydrogens (tertiary/aromatic N) is 1. The molecule has 0 aromatic carbocycles. The van der Waals surface area contributed by atoms with Gasteiger partial charge in [-0.05, 0) is 0 Å². The summed E-state index contributed by atoms with van der Waals surface area (Å²) in [4.78, 5) is 40.3. The fourth-order valence-corrected chi connectivity index (χ4v) is 0.549. The minimum absolute atomic E-state index is 0.239. The molecule has 0 aliphatic heterocycles. The number of rotatable bonds is 5. The van der Waals surface area contributed by atoms with Crippen LogP contribution in [0, 0.1) is 4.91 Å². The summed E-state index contributed by atoms with van der Waals surface area (Å²) >= 11 is 0. The highest BCUT2D eigenvalue weighted by atomic mass is 16.4. The lowest BCUT2D eigenvalue weighted by Crippen LogP contribution is -2.07. The van der Waals surface area contributed by atoms with Gasteiger partial charge in [-0.1, -0.05) is 0 Å². The quantitative estimate of drug-likeness (QED) is 0.469. The lowest BCUT2D eigenvalue weighted by Gasteiger charge is -1.91. The summed E-state index contributed by atoms with van der Waals surface area (Å²) in [6, 6.07) is 0. The van der Waals surface area contributed by atoms with E-state index in [0.29, 0.717) is 0 Å². The normalized spacial score (nSPS) is 9.00. The van der Waals surface area contributed by atoms with Crippen molar-refractivity contribution >= 4 is 17.7 Å². The van der Waals surface area contributed by atoms with Crippen LogP contribution in [0.5, 0.6) is 0 Å². The SMILES string of the molecule is O=NC(=O)CCC(=O)CC(=O)O. The Kier molecular flexibility index (Phi) is 4.43. The van der Waals surface area contributed by atoms with E-state index in [-0.39, 0.29) is 12.8 Å². The van der Waals surface area contributed by atoms with Crippen molar-refractivity contribution < 1.29 is 19.5 Å². The van der Waals surface area contributed by atoms with Gasteiger partial charge in [-0.3, -0.25) is 14.4 Å². The van der Waals surface area contributed by atoms with Gasteiger partial charge in [0.2, 0.25) is 0 Å². The van der Waals surface area contributed by atoms with Crippen molar-refractivity contribution in [2.24, 2.45) is 5.18 Å². The lowest BCUT2D eigenvalue weighted by atomic mass is 10.1. The molecule has 0 saturated heterocycles. The van der Waals surface area contributed by atoms with Gasteiger partial charge in [-0.25, -0.2) is 0 Å². The van der Waals surface area contributed by atoms with Gasteiger partial charge in [0.25, 0.3) is 5.91 Å². The molecule has 0 rings (SSSR count). The Labute approximate surface area is 67.5 Å². The van der Waals surface area contributed by atoms with Gasteiger partial charge in [0.1, 0.15) is 12.2 Å². The molecular weight excluding hydrogens is 166 g/mol. The summed E-state index contributed by atoms with van der Waals surface area (Å²) in [6.45, 7) is 0. The highest BCUT2D eigenvalue weighted by molar-refractivity contribution is 5.96. The fourth-order valence-electron chi connectivity index (χ4n) is 0.549. The minimum atomic E-state index is -1.24. The number of carboxylic acid groups (broad SMARTS) is 1. The van der Waals surface area contributed by atoms with Crippen LogP contribution in [0.25, 0.3) is 0 Å². The number of aliphatic carboxylic acids is 1. The molecule has 12 heavy (non-hydrogen) atoms. The molecule has 66 valence electrons. The van der Waals surface area contributed by atoms with Gasteiger partial charge in [0.05, 0.1) is 0 Å². The van der Waals surface area contributed by atoms with Gasteiger partial charge in [-0.2, -0.15) is 0 Å². The summed E-state index contributed by atoms with van der Waals surface area (Å²) in [5, 5.41) is 10.2. The summed E-state index contributed by atoms with van der Waals surface area (Å²) < 4.78 is 0. The van der Waals surface area contributed by atoms with Crippen LogP contribution in [0.3, 0.4) is 0 Å². The topological polar surface area (TPSA) is 101 Å². The second-order valence-electron chi connectivity index (χ2n) is 2.09. The monoisotopic (exact) mass is 173 g/mol. The van der Waals surface area contributed by atoms with Gasteiger partial charge >= 0.3 is 5.97 Å². The van der Waals surface area contributed by atoms with Crippen LogP contribution in [-0.2, 0) is 14.4 Å². The standard InChI is InChI=1S/C6H7NO5/c8-4(3-6(10)11)1-2-5(9)7-12/h1-3H2,(H,10,11). The summed E-state index contributed by atoms with van der Waals surface area (Å²) in [6.07, 6.45) is -1.17. The zero-order valence-corrected chi connectivity index (χ0v) is 6.15. The van der Waals surface area contributed by atoms with Crippen LogP contribution in [0.1, 0.15) is 19.3 Å². The second kappa shape index (κ2) is 5.11. The molecule has 6 nitrogen and oxygen atoms in total. The number of nitroso groups, excluding NO2 is 1. The van der Waals surface area contributed by atoms with Crippen molar-refractivity contribution in [3.8, 4) is 0 Å². The Hall–Kier alpha value is -1.59. The highest BCUT2D eigenvalue weighted by Gasteiger charge is 2.10. The van der Waals surface area contributed by atoms with E-state index in [1.807, 2.05) is 0 Å². The molecule has 0 radical (unpaired) electrons. The third-order valence-electron chi connectivity index (χ3n) is 1.07. The number of ketones is 1. The van der Waals surface area contributed by atoms with Crippen molar-refractivity contribution in [3.05, 3.63) is 4.91 Å². The number of hydrogen-bond acceptors (Lipinski definition) is 4. The first-order valence-corrected chi connectivity index (χ1v) is 3.16. The molecule has 6 heteroatoms. The van der Waals surface area contributed by atoms with Gasteiger partial charge in [0, 0.05) is 18.0 Å². The average molecular weight is 173 g/mol. The molecule has 0 fully saturated rings. The highest BCUT2D eigenvalue weighted by Crippen LogP contribution is 1.96. The average Bonchev–Trinajstić information content (AvgIpc) is 1.99. The number of hydrogen-bond donors (Lipinski definition) is 1. The summed E-state index contributed by atoms with van der Waals surface area (Å²) in [5.41, 5.74) is 0. The van der Waals surface area contributed by atoms with Crippen LogP contribution in [0.15, 0.2) is 5.18 Å². The molecule has 0 atom stereocenters. The molecule has 1 amide bonds. The van der Waals surface area contributed by atoms with Crippen LogP contribution in [0.2, 0.25) is 0 Å². The van der Waals surface area contributed by atoms with Crippen LogP contribution < -0.4 is 0 Å². The van der Waals surface area contributed by atoms with E-state index >= 15 is 0 Å². The van der Waals surface area contributed by atoms with E-state index in [1.54, 1.807) is 0 Å². The molecule has 0 aliphatic carbocycles. The Morgan fingerprint density at radius 2 is 1.75 bits per heavy atom. The zero-order chi connectivity index (χ0) is 9.56. The maximum absolute atomic E-state index is 10.6. The number of carbonyl (C=O) groups is 3. The van der Waals surface area contributed by atoms with Gasteiger partial charge in [-0.15, -0.1) is 4.91 Å². The van der Waals surface area contributed by atoms with Gasteiger partial charge < -0.3 is 5.11 Å². The smallest absolute Gasteiger partial charge is 0.310 e. The predicted octanol–water partition coefficient (Wildman–Crippen LogP) is 0.103. The van der Waals surface area contributed by atoms with E-state index in [1.165, 1.54) is 0 Å². The summed E-state index contributed by atoms with van der Waals surface area (Å²) in [7, 11) is 0. The largest absolute Gasteiger partial charge is 0.481 e. The molecule has 0 aromatic heterocycles. The third kappa shape index (κ3) is 5.21.